The maximum Gasteiger partial charge on any atom is 0.416 e. The van der Waals surface area contributed by atoms with Gasteiger partial charge in [0.05, 0.1) is 14.0 Å². The topological polar surface area (TPSA) is 26.0 Å². The number of nitrogen functional groups attached to an aromatic ring is 1. The fraction of sp³-hybridized carbons (Fsp3) is 0.143. The molecule has 0 saturated carbocycles. The van der Waals surface area contributed by atoms with Gasteiger partial charge in [-0.05, 0) is 43.9 Å². The van der Waals surface area contributed by atoms with Crippen LogP contribution < -0.4 is 5.73 Å². The van der Waals surface area contributed by atoms with Crippen LogP contribution in [0.3, 0.4) is 0 Å². The molecule has 6 heteroatoms. The first-order chi connectivity index (χ1) is 6.68. The van der Waals surface area contributed by atoms with Crippen molar-refractivity contribution in [3.05, 3.63) is 26.6 Å². The summed E-state index contributed by atoms with van der Waals surface area (Å²) in [5, 5.41) is 0. The van der Waals surface area contributed by atoms with E-state index in [2.05, 4.69) is 31.9 Å². The van der Waals surface area contributed by atoms with Crippen LogP contribution >= 0.6 is 31.9 Å². The Morgan fingerprint density at radius 2 is 1.62 bits per heavy atom. The van der Waals surface area contributed by atoms with E-state index in [1.165, 1.54) is 0 Å². The highest BCUT2D eigenvalue weighted by atomic mass is 79.9. The number of hydrogen-bond acceptors (Lipinski definition) is 1. The van der Waals surface area contributed by atoms with E-state index in [1.807, 2.05) is 0 Å². The molecule has 72 valence electrons. The van der Waals surface area contributed by atoms with Crippen LogP contribution in [0.25, 0.3) is 0 Å². The normalized spacial score (nSPS) is 13.9. The maximum atomic E-state index is 12.5. The van der Waals surface area contributed by atoms with Crippen molar-refractivity contribution in [3.63, 3.8) is 0 Å². The van der Waals surface area contributed by atoms with Crippen LogP contribution in [0, 0.1) is 0 Å². The number of nitrogens with two attached hydrogens (primary N) is 1. The zero-order valence-corrected chi connectivity index (χ0v) is 9.14. The monoisotopic (exact) mass is 319 g/mol. The van der Waals surface area contributed by atoms with Crippen LogP contribution in [-0.4, -0.2) is 0 Å². The Kier molecular flexibility index (Phi) is 2.18. The second kappa shape index (κ2) is 3.49. The Morgan fingerprint density at radius 3 is 1.92 bits per heavy atom. The van der Waals surface area contributed by atoms with Crippen molar-refractivity contribution in [2.45, 2.75) is 6.18 Å². The van der Waals surface area contributed by atoms with Crippen LogP contribution in [0.4, 0.5) is 18.9 Å². The molecule has 1 aromatic rings. The van der Waals surface area contributed by atoms with Gasteiger partial charge in [0, 0.05) is 8.95 Å². The van der Waals surface area contributed by atoms with Gasteiger partial charge in [0.15, 0.2) is 0 Å². The van der Waals surface area contributed by atoms with Crippen LogP contribution in [0.2, 0.25) is 0 Å². The third kappa shape index (κ3) is 2.37. The summed E-state index contributed by atoms with van der Waals surface area (Å²) >= 11 is 5.56. The number of alkyl halides is 3. The predicted molar refractivity (Wildman–Crippen MR) is 51.3 cm³/mol. The Balaban J connectivity index is 3.68. The van der Waals surface area contributed by atoms with Crippen molar-refractivity contribution in [1.82, 2.24) is 0 Å². The van der Waals surface area contributed by atoms with E-state index in [1.54, 1.807) is 0 Å². The predicted octanol–water partition coefficient (Wildman–Crippen LogP) is 3.81. The fourth-order valence-corrected chi connectivity index (χ4v) is 1.68. The second-order valence-electron chi connectivity index (χ2n) is 2.16. The first-order valence-corrected chi connectivity index (χ1v) is 4.57. The molecule has 0 aromatic heterocycles. The van der Waals surface area contributed by atoms with Crippen molar-refractivity contribution in [3.8, 4) is 0 Å². The van der Waals surface area contributed by atoms with E-state index < -0.39 is 23.8 Å². The summed E-state index contributed by atoms with van der Waals surface area (Å²) in [7, 11) is 0. The third-order valence-electron chi connectivity index (χ3n) is 1.23. The molecular formula is C7H4Br2F3N. The lowest BCUT2D eigenvalue weighted by atomic mass is 10.2. The molecule has 0 atom stereocenters. The molecule has 0 fully saturated rings. The lowest BCUT2D eigenvalue weighted by molar-refractivity contribution is -0.137. The number of hydrogen-bond donors (Lipinski definition) is 1. The second-order valence-corrected chi connectivity index (χ2v) is 3.75. The molecule has 2 N–H and O–H groups in total. The van der Waals surface area contributed by atoms with Crippen LogP contribution in [0.5, 0.6) is 0 Å². The molecule has 0 heterocycles. The Hall–Kier alpha value is -0.230. The molecule has 0 spiro atoms. The van der Waals surface area contributed by atoms with Crippen molar-refractivity contribution in [1.29, 1.82) is 0 Å². The smallest absolute Gasteiger partial charge is 0.397 e. The summed E-state index contributed by atoms with van der Waals surface area (Å²) in [5.74, 6) is 0. The van der Waals surface area contributed by atoms with Crippen molar-refractivity contribution >= 4 is 37.5 Å². The highest BCUT2D eigenvalue weighted by molar-refractivity contribution is 9.11. The van der Waals surface area contributed by atoms with Crippen LogP contribution in [0.1, 0.15) is 8.30 Å². The van der Waals surface area contributed by atoms with Gasteiger partial charge >= 0.3 is 6.18 Å². The zero-order valence-electron chi connectivity index (χ0n) is 7.97. The van der Waals surface area contributed by atoms with Crippen LogP contribution in [0.15, 0.2) is 21.0 Å². The molecule has 0 aliphatic carbocycles. The molecule has 0 unspecified atom stereocenters. The lowest BCUT2D eigenvalue weighted by Crippen LogP contribution is -2.05. The summed E-state index contributed by atoms with van der Waals surface area (Å²) in [5.41, 5.74) is 4.00. The first-order valence-electron chi connectivity index (χ1n) is 3.98. The summed E-state index contributed by atoms with van der Waals surface area (Å²) in [6, 6.07) is -1.65. The minimum atomic E-state index is -4.74. The van der Waals surface area contributed by atoms with Gasteiger partial charge in [-0.15, -0.1) is 0 Å². The maximum absolute atomic E-state index is 12.5. The molecule has 0 amide bonds. The highest BCUT2D eigenvalue weighted by Crippen LogP contribution is 2.37. The third-order valence-corrected chi connectivity index (χ3v) is 2.48. The van der Waals surface area contributed by atoms with Crippen molar-refractivity contribution in [2.24, 2.45) is 0 Å². The Bertz CT molecular complexity index is 391. The summed E-state index contributed by atoms with van der Waals surface area (Å²) < 4.78 is 51.6. The van der Waals surface area contributed by atoms with E-state index >= 15 is 0 Å². The minimum Gasteiger partial charge on any atom is -0.397 e. The molecule has 0 aliphatic heterocycles. The fourth-order valence-electron chi connectivity index (χ4n) is 0.623. The van der Waals surface area contributed by atoms with Crippen LogP contribution in [-0.2, 0) is 6.18 Å². The highest BCUT2D eigenvalue weighted by Gasteiger charge is 2.31. The van der Waals surface area contributed by atoms with E-state index in [-0.39, 0.29) is 14.6 Å². The standard InChI is InChI=1S/C7H4Br2F3N/c8-4-1-3(7(10,11)12)2-5(9)6(4)13/h1-2H,13H2/i1D,2D. The van der Waals surface area contributed by atoms with E-state index in [0.29, 0.717) is 0 Å². The number of benzene rings is 1. The van der Waals surface area contributed by atoms with Gasteiger partial charge in [0.25, 0.3) is 0 Å². The van der Waals surface area contributed by atoms with E-state index in [9.17, 15) is 13.2 Å². The summed E-state index contributed by atoms with van der Waals surface area (Å²) in [6.07, 6.45) is -4.74. The number of rotatable bonds is 0. The van der Waals surface area contributed by atoms with Gasteiger partial charge in [-0.1, -0.05) is 0 Å². The van der Waals surface area contributed by atoms with Crippen molar-refractivity contribution in [2.75, 3.05) is 5.73 Å². The Labute approximate surface area is 92.2 Å². The van der Waals surface area contributed by atoms with Gasteiger partial charge in [0.1, 0.15) is 0 Å². The molecular weight excluding hydrogens is 315 g/mol. The summed E-state index contributed by atoms with van der Waals surface area (Å²) in [4.78, 5) is 0. The summed E-state index contributed by atoms with van der Waals surface area (Å²) in [6.45, 7) is 0. The molecule has 1 nitrogen and oxygen atoms in total. The molecule has 0 radical (unpaired) electrons. The van der Waals surface area contributed by atoms with E-state index in [4.69, 9.17) is 8.48 Å². The van der Waals surface area contributed by atoms with Gasteiger partial charge in [0.2, 0.25) is 0 Å². The average molecular weight is 321 g/mol. The lowest BCUT2D eigenvalue weighted by Gasteiger charge is -2.09. The number of halogens is 5. The molecule has 0 saturated heterocycles. The molecule has 13 heavy (non-hydrogen) atoms. The SMILES string of the molecule is [2H]c1c(Br)c(N)c(Br)c([2H])c1C(F)(F)F. The molecule has 0 aliphatic rings. The molecule has 1 rings (SSSR count). The largest absolute Gasteiger partial charge is 0.416 e. The minimum absolute atomic E-state index is 0.0852. The zero-order chi connectivity index (χ0) is 12.0. The van der Waals surface area contributed by atoms with Gasteiger partial charge in [-0.25, -0.2) is 0 Å². The quantitative estimate of drug-likeness (QED) is 0.723. The first kappa shape index (κ1) is 8.11. The van der Waals surface area contributed by atoms with Gasteiger partial charge in [-0.3, -0.25) is 0 Å². The van der Waals surface area contributed by atoms with Gasteiger partial charge < -0.3 is 5.73 Å². The Morgan fingerprint density at radius 1 is 1.23 bits per heavy atom. The average Bonchev–Trinajstić information content (AvgIpc) is 2.09. The number of anilines is 1. The van der Waals surface area contributed by atoms with E-state index in [0.717, 1.165) is 0 Å². The van der Waals surface area contributed by atoms with Gasteiger partial charge in [-0.2, -0.15) is 13.2 Å². The molecule has 0 bridgehead atoms. The molecule has 1 aromatic carbocycles. The van der Waals surface area contributed by atoms with Crippen molar-refractivity contribution < 1.29 is 15.9 Å².